The molecule has 0 bridgehead atoms. The number of aromatic hydroxyl groups is 15. The fourth-order valence-corrected chi connectivity index (χ4v) is 7.51. The van der Waals surface area contributed by atoms with Crippen LogP contribution in [-0.4, -0.2) is 132 Å². The van der Waals surface area contributed by atoms with E-state index in [9.17, 15) is 91.0 Å². The average molecular weight is 941 g/mol. The molecule has 8 rings (SSSR count). The van der Waals surface area contributed by atoms with Crippen molar-refractivity contribution in [3.8, 4) is 120 Å². The van der Waals surface area contributed by atoms with Gasteiger partial charge in [-0.2, -0.15) is 9.78 Å². The molecule has 26 nitrogen and oxygen atoms in total. The van der Waals surface area contributed by atoms with Gasteiger partial charge in [0.2, 0.25) is 35.4 Å². The van der Waals surface area contributed by atoms with Crippen LogP contribution in [0.1, 0.15) is 37.5 Å². The molecule has 1 fully saturated rings. The van der Waals surface area contributed by atoms with Crippen molar-refractivity contribution in [3.63, 3.8) is 0 Å². The molecule has 3 heterocycles. The number of phenolic OH excluding ortho intramolecular Hbond substituents is 15. The molecule has 26 heteroatoms. The third-order valence-electron chi connectivity index (χ3n) is 10.7. The largest absolute Gasteiger partial charge is 0.504 e. The highest BCUT2D eigenvalue weighted by molar-refractivity contribution is 6.08. The van der Waals surface area contributed by atoms with Crippen molar-refractivity contribution in [1.82, 2.24) is 0 Å². The Kier molecular flexibility index (Phi) is 11.0. The first-order valence-corrected chi connectivity index (χ1v) is 18.9. The average Bonchev–Trinajstić information content (AvgIpc) is 3.29. The molecule has 0 amide bonds. The summed E-state index contributed by atoms with van der Waals surface area (Å²) in [5, 5.41) is 158. The molecule has 67 heavy (non-hydrogen) atoms. The van der Waals surface area contributed by atoms with Crippen molar-refractivity contribution in [2.75, 3.05) is 13.2 Å². The molecule has 5 unspecified atom stereocenters. The molecule has 15 N–H and O–H groups in total. The van der Waals surface area contributed by atoms with Gasteiger partial charge in [0.1, 0.15) is 6.61 Å². The minimum Gasteiger partial charge on any atom is -0.504 e. The second-order valence-corrected chi connectivity index (χ2v) is 14.7. The van der Waals surface area contributed by atoms with Crippen LogP contribution in [-0.2, 0) is 28.7 Å². The predicted octanol–water partition coefficient (Wildman–Crippen LogP) is 2.59. The van der Waals surface area contributed by atoms with Crippen molar-refractivity contribution in [1.29, 1.82) is 0 Å². The van der Waals surface area contributed by atoms with E-state index in [2.05, 4.69) is 0 Å². The van der Waals surface area contributed by atoms with Gasteiger partial charge in [-0.3, -0.25) is 0 Å². The zero-order chi connectivity index (χ0) is 48.5. The van der Waals surface area contributed by atoms with Gasteiger partial charge in [0, 0.05) is 29.7 Å². The molecular formula is C41H32O26. The van der Waals surface area contributed by atoms with Crippen molar-refractivity contribution in [2.24, 2.45) is 5.92 Å². The zero-order valence-electron chi connectivity index (χ0n) is 33.2. The Hall–Kier alpha value is -9.01. The van der Waals surface area contributed by atoms with Crippen LogP contribution in [0, 0.1) is 5.92 Å². The van der Waals surface area contributed by atoms with Gasteiger partial charge in [-0.25, -0.2) is 14.4 Å². The Morgan fingerprint density at radius 3 is 1.40 bits per heavy atom. The minimum atomic E-state index is -2.27. The van der Waals surface area contributed by atoms with E-state index in [4.69, 9.17) is 38.5 Å². The quantitative estimate of drug-likeness (QED) is 0.0523. The maximum Gasteiger partial charge on any atom is 0.340 e. The fourth-order valence-electron chi connectivity index (χ4n) is 7.51. The molecule has 5 aromatic rings. The van der Waals surface area contributed by atoms with E-state index in [-0.39, 0.29) is 0 Å². The van der Waals surface area contributed by atoms with Gasteiger partial charge in [0.15, 0.2) is 80.8 Å². The molecule has 0 radical (unpaired) electrons. The van der Waals surface area contributed by atoms with Crippen molar-refractivity contribution < 1.29 is 129 Å². The summed E-state index contributed by atoms with van der Waals surface area (Å²) in [4.78, 5) is 64.0. The summed E-state index contributed by atoms with van der Waals surface area (Å²) < 4.78 is 23.3. The summed E-state index contributed by atoms with van der Waals surface area (Å²) in [5.74, 6) is -25.4. The third kappa shape index (κ3) is 7.46. The lowest BCUT2D eigenvalue weighted by molar-refractivity contribution is -0.299. The lowest BCUT2D eigenvalue weighted by atomic mass is 9.86. The van der Waals surface area contributed by atoms with Crippen LogP contribution in [0.5, 0.6) is 97.7 Å². The maximum atomic E-state index is 14.4. The molecule has 3 aliphatic rings. The molecule has 5 atom stereocenters. The number of benzene rings is 5. The van der Waals surface area contributed by atoms with Gasteiger partial charge >= 0.3 is 17.9 Å². The third-order valence-corrected chi connectivity index (χ3v) is 10.7. The van der Waals surface area contributed by atoms with Gasteiger partial charge in [-0.05, 0) is 24.3 Å². The summed E-state index contributed by atoms with van der Waals surface area (Å²) in [6, 6.07) is 3.64. The number of phenols is 15. The number of ether oxygens (including phenoxy) is 4. The molecule has 0 spiro atoms. The number of fused-ring (bicyclic) bond motifs is 9. The van der Waals surface area contributed by atoms with Crippen LogP contribution in [0.3, 0.4) is 0 Å². The molecule has 3 aliphatic heterocycles. The first-order valence-electron chi connectivity index (χ1n) is 18.9. The molecular weight excluding hydrogens is 908 g/mol. The van der Waals surface area contributed by atoms with Gasteiger partial charge in [0.05, 0.1) is 46.4 Å². The van der Waals surface area contributed by atoms with Crippen LogP contribution in [0.25, 0.3) is 22.3 Å². The lowest BCUT2D eigenvalue weighted by Crippen LogP contribution is -2.60. The molecule has 0 aromatic heterocycles. The Morgan fingerprint density at radius 2 is 0.910 bits per heavy atom. The second kappa shape index (κ2) is 16.5. The first kappa shape index (κ1) is 44.6. The fraction of sp³-hybridized carbons (Fsp3) is 0.195. The van der Waals surface area contributed by atoms with E-state index in [1.54, 1.807) is 0 Å². The SMILES string of the molecule is O=C(OC1OC2CCOOc3cc(O)c(O)c(O)c3-c3c(cc(O)c(O)c3O)OOCC2C2OC(=O)c3cc(O)c(O)c(O)c3-c3c(cc(O)c(O)c3O)C(=O)OC12)c1cc(O)c(O)c(O)c1. The normalized spacial score (nSPS) is 20.3. The zero-order valence-corrected chi connectivity index (χ0v) is 33.2. The van der Waals surface area contributed by atoms with E-state index in [1.165, 1.54) is 0 Å². The predicted molar refractivity (Wildman–Crippen MR) is 209 cm³/mol. The standard InChI is InChI=1S/C41H32O26/c42-14-3-10(4-15(43)27(14)48)38(57)65-41-37-36(63-39(58)11-5-16(44)28(49)32(53)23(11)24-12(40(59)64-37)6-17(45)29(50)33(24)54)13-9-61-67-22-8-19(47)31(52)35(56)26(22)25-21(7-18(46)30(51)34(25)55)66-60-2-1-20(13)62-41/h3-8,13,20,36-37,41-56H,1-2,9H2. The van der Waals surface area contributed by atoms with Crippen LogP contribution in [0.4, 0.5) is 0 Å². The Balaban J connectivity index is 1.29. The van der Waals surface area contributed by atoms with E-state index in [0.29, 0.717) is 36.4 Å². The highest BCUT2D eigenvalue weighted by atomic mass is 17.2. The smallest absolute Gasteiger partial charge is 0.340 e. The molecule has 0 saturated carbocycles. The van der Waals surface area contributed by atoms with Crippen LogP contribution < -0.4 is 9.78 Å². The number of hydrogen-bond donors (Lipinski definition) is 15. The summed E-state index contributed by atoms with van der Waals surface area (Å²) in [5.41, 5.74) is -6.05. The second-order valence-electron chi connectivity index (χ2n) is 14.7. The maximum absolute atomic E-state index is 14.4. The number of carbonyl (C=O) groups excluding carboxylic acids is 3. The topological polar surface area (TPSA) is 429 Å². The van der Waals surface area contributed by atoms with Crippen molar-refractivity contribution in [3.05, 3.63) is 53.1 Å². The summed E-state index contributed by atoms with van der Waals surface area (Å²) >= 11 is 0. The minimum absolute atomic E-state index is 0.474. The highest BCUT2D eigenvalue weighted by Crippen LogP contribution is 2.58. The first-order chi connectivity index (χ1) is 31.7. The van der Waals surface area contributed by atoms with E-state index in [0.717, 1.165) is 0 Å². The number of rotatable bonds is 2. The van der Waals surface area contributed by atoms with Gasteiger partial charge < -0.3 is 105 Å². The molecule has 0 aliphatic carbocycles. The molecule has 5 aromatic carbocycles. The number of esters is 3. The van der Waals surface area contributed by atoms with Gasteiger partial charge in [-0.15, -0.1) is 0 Å². The van der Waals surface area contributed by atoms with E-state index in [1.807, 2.05) is 0 Å². The van der Waals surface area contributed by atoms with E-state index >= 15 is 0 Å². The van der Waals surface area contributed by atoms with Crippen molar-refractivity contribution >= 4 is 17.9 Å². The number of hydrogen-bond acceptors (Lipinski definition) is 26. The molecule has 1 saturated heterocycles. The lowest BCUT2D eigenvalue weighted by Gasteiger charge is -2.44. The van der Waals surface area contributed by atoms with Crippen LogP contribution in [0.15, 0.2) is 36.4 Å². The highest BCUT2D eigenvalue weighted by Gasteiger charge is 2.53. The summed E-state index contributed by atoms with van der Waals surface area (Å²) in [6.45, 7) is -1.57. The van der Waals surface area contributed by atoms with Gasteiger partial charge in [0.25, 0.3) is 0 Å². The summed E-state index contributed by atoms with van der Waals surface area (Å²) in [6.07, 6.45) is -8.62. The van der Waals surface area contributed by atoms with Crippen molar-refractivity contribution in [2.45, 2.75) is 31.0 Å². The van der Waals surface area contributed by atoms with E-state index < -0.39 is 205 Å². The van der Waals surface area contributed by atoms with Crippen LogP contribution >= 0.6 is 0 Å². The number of carbonyl (C=O) groups is 3. The molecule has 352 valence electrons. The Morgan fingerprint density at radius 1 is 0.493 bits per heavy atom. The summed E-state index contributed by atoms with van der Waals surface area (Å²) in [7, 11) is 0. The monoisotopic (exact) mass is 940 g/mol. The van der Waals surface area contributed by atoms with Gasteiger partial charge in [-0.1, -0.05) is 0 Å². The Labute approximate surface area is 370 Å². The Bertz CT molecular complexity index is 2890. The van der Waals surface area contributed by atoms with Crippen LogP contribution in [0.2, 0.25) is 0 Å².